The van der Waals surface area contributed by atoms with Crippen LogP contribution in [-0.2, 0) is 18.9 Å². The number of nitrogen functional groups attached to an aromatic ring is 1. The van der Waals surface area contributed by atoms with Gasteiger partial charge in [-0.1, -0.05) is 12.1 Å². The lowest BCUT2D eigenvalue weighted by atomic mass is 10.1. The summed E-state index contributed by atoms with van der Waals surface area (Å²) in [5, 5.41) is 2.02. The predicted octanol–water partition coefficient (Wildman–Crippen LogP) is 5.15. The quantitative estimate of drug-likeness (QED) is 0.561. The van der Waals surface area contributed by atoms with Crippen molar-refractivity contribution < 1.29 is 31.1 Å². The van der Waals surface area contributed by atoms with Crippen LogP contribution in [0.15, 0.2) is 30.3 Å². The molecule has 0 aliphatic rings. The molecule has 4 nitrogen and oxygen atoms in total. The van der Waals surface area contributed by atoms with Gasteiger partial charge in [-0.2, -0.15) is 26.3 Å². The van der Waals surface area contributed by atoms with Crippen molar-refractivity contribution in [2.75, 3.05) is 5.73 Å². The highest BCUT2D eigenvalue weighted by Crippen LogP contribution is 2.42. The number of pyridine rings is 1. The Morgan fingerprint density at radius 1 is 1.14 bits per heavy atom. The number of benzene rings is 1. The molecular weight excluding hydrogens is 420 g/mol. The van der Waals surface area contributed by atoms with Gasteiger partial charge in [0.2, 0.25) is 0 Å². The van der Waals surface area contributed by atoms with Crippen molar-refractivity contribution in [3.63, 3.8) is 0 Å². The molecule has 3 rings (SSSR count). The number of aromatic nitrogens is 1. The van der Waals surface area contributed by atoms with Gasteiger partial charge in [-0.3, -0.25) is 4.79 Å². The Balaban J connectivity index is 1.90. The van der Waals surface area contributed by atoms with Crippen molar-refractivity contribution in [1.82, 2.24) is 10.3 Å². The second kappa shape index (κ2) is 7.21. The molecule has 0 bridgehead atoms. The van der Waals surface area contributed by atoms with E-state index in [9.17, 15) is 31.1 Å². The molecule has 0 aliphatic carbocycles. The number of nitrogens with zero attached hydrogens (tertiary/aromatic N) is 1. The Morgan fingerprint density at radius 2 is 1.83 bits per heavy atom. The van der Waals surface area contributed by atoms with E-state index in [1.54, 1.807) is 0 Å². The number of hydrogen-bond donors (Lipinski definition) is 2. The van der Waals surface area contributed by atoms with Gasteiger partial charge in [0.1, 0.15) is 9.71 Å². The van der Waals surface area contributed by atoms with Gasteiger partial charge in [0.25, 0.3) is 5.91 Å². The summed E-state index contributed by atoms with van der Waals surface area (Å²) >= 11 is 0.691. The van der Waals surface area contributed by atoms with Crippen LogP contribution < -0.4 is 11.1 Å². The summed E-state index contributed by atoms with van der Waals surface area (Å²) in [6, 6.07) is 5.19. The van der Waals surface area contributed by atoms with Crippen LogP contribution in [0.25, 0.3) is 10.2 Å². The zero-order chi connectivity index (χ0) is 21.6. The monoisotopic (exact) mass is 433 g/mol. The Bertz CT molecular complexity index is 1090. The van der Waals surface area contributed by atoms with Gasteiger partial charge in [-0.05, 0) is 30.7 Å². The number of anilines is 1. The first-order valence-electron chi connectivity index (χ1n) is 8.09. The Morgan fingerprint density at radius 3 is 2.45 bits per heavy atom. The number of alkyl halides is 6. The van der Waals surface area contributed by atoms with Crippen molar-refractivity contribution in [2.24, 2.45) is 0 Å². The van der Waals surface area contributed by atoms with E-state index in [4.69, 9.17) is 5.73 Å². The predicted molar refractivity (Wildman–Crippen MR) is 96.4 cm³/mol. The molecule has 2 aromatic heterocycles. The van der Waals surface area contributed by atoms with E-state index >= 15 is 0 Å². The highest BCUT2D eigenvalue weighted by molar-refractivity contribution is 7.21. The molecule has 0 fully saturated rings. The summed E-state index contributed by atoms with van der Waals surface area (Å²) < 4.78 is 78.3. The van der Waals surface area contributed by atoms with E-state index in [-0.39, 0.29) is 38.6 Å². The number of carbonyl (C=O) groups is 1. The summed E-state index contributed by atoms with van der Waals surface area (Å²) in [4.78, 5) is 16.2. The minimum Gasteiger partial charge on any atom is -0.397 e. The maximum atomic E-state index is 13.3. The first kappa shape index (κ1) is 20.9. The first-order chi connectivity index (χ1) is 13.4. The molecule has 1 amide bonds. The molecule has 0 radical (unpaired) electrons. The number of fused-ring (bicyclic) bond motifs is 1. The van der Waals surface area contributed by atoms with Gasteiger partial charge in [-0.15, -0.1) is 11.3 Å². The third-order valence-corrected chi connectivity index (χ3v) is 5.14. The van der Waals surface area contributed by atoms with Crippen molar-refractivity contribution >= 4 is 33.1 Å². The second-order valence-corrected chi connectivity index (χ2v) is 7.21. The molecule has 1 aromatic carbocycles. The number of nitrogens with one attached hydrogen (secondary N) is 1. The lowest BCUT2D eigenvalue weighted by Crippen LogP contribution is -2.23. The average Bonchev–Trinajstić information content (AvgIpc) is 2.94. The number of halogens is 6. The normalized spacial score (nSPS) is 12.4. The van der Waals surface area contributed by atoms with Crippen molar-refractivity contribution in [2.45, 2.75) is 25.8 Å². The van der Waals surface area contributed by atoms with Crippen LogP contribution in [0.4, 0.5) is 32.0 Å². The third-order valence-electron chi connectivity index (χ3n) is 4.05. The smallest absolute Gasteiger partial charge is 0.397 e. The first-order valence-corrected chi connectivity index (χ1v) is 8.90. The Labute approximate surface area is 164 Å². The van der Waals surface area contributed by atoms with Gasteiger partial charge < -0.3 is 11.1 Å². The van der Waals surface area contributed by atoms with E-state index < -0.39 is 29.4 Å². The molecule has 29 heavy (non-hydrogen) atoms. The summed E-state index contributed by atoms with van der Waals surface area (Å²) in [5.74, 6) is -0.798. The molecule has 0 aliphatic heterocycles. The largest absolute Gasteiger partial charge is 0.417 e. The van der Waals surface area contributed by atoms with Crippen molar-refractivity contribution in [3.05, 3.63) is 57.6 Å². The summed E-state index contributed by atoms with van der Waals surface area (Å²) in [6.07, 6.45) is -9.22. The number of rotatable bonds is 3. The van der Waals surface area contributed by atoms with Gasteiger partial charge in [-0.25, -0.2) is 4.98 Å². The third kappa shape index (κ3) is 4.29. The molecule has 0 spiro atoms. The lowest BCUT2D eigenvalue weighted by Gasteiger charge is -2.10. The van der Waals surface area contributed by atoms with E-state index in [0.29, 0.717) is 11.3 Å². The molecule has 3 aromatic rings. The van der Waals surface area contributed by atoms with Gasteiger partial charge in [0, 0.05) is 17.6 Å². The van der Waals surface area contributed by atoms with E-state index in [1.165, 1.54) is 19.1 Å². The van der Waals surface area contributed by atoms with Crippen molar-refractivity contribution in [1.29, 1.82) is 0 Å². The molecule has 3 N–H and O–H groups in total. The summed E-state index contributed by atoms with van der Waals surface area (Å²) in [6.45, 7) is 1.13. The SMILES string of the molecule is Cc1cc(C(F)(F)F)c2c(N)c(C(=O)NCc3cccc(C(F)(F)F)c3)sc2n1. The molecule has 0 unspecified atom stereocenters. The number of thiophene rings is 1. The fraction of sp³-hybridized carbons (Fsp3) is 0.222. The molecule has 154 valence electrons. The van der Waals surface area contributed by atoms with Gasteiger partial charge in [0.15, 0.2) is 0 Å². The minimum atomic E-state index is -4.69. The number of amides is 1. The van der Waals surface area contributed by atoms with Crippen LogP contribution in [0.3, 0.4) is 0 Å². The van der Waals surface area contributed by atoms with Gasteiger partial charge in [0.05, 0.1) is 16.8 Å². The fourth-order valence-corrected chi connectivity index (χ4v) is 3.84. The van der Waals surface area contributed by atoms with Crippen LogP contribution in [0.2, 0.25) is 0 Å². The zero-order valence-electron chi connectivity index (χ0n) is 14.7. The van der Waals surface area contributed by atoms with E-state index in [2.05, 4.69) is 10.3 Å². The molecule has 0 saturated heterocycles. The fourth-order valence-electron chi connectivity index (χ4n) is 2.76. The molecule has 2 heterocycles. The number of carbonyl (C=O) groups excluding carboxylic acids is 1. The molecule has 0 atom stereocenters. The van der Waals surface area contributed by atoms with E-state index in [0.717, 1.165) is 18.2 Å². The second-order valence-electron chi connectivity index (χ2n) is 6.21. The lowest BCUT2D eigenvalue weighted by molar-refractivity contribution is -0.138. The average molecular weight is 433 g/mol. The van der Waals surface area contributed by atoms with Crippen LogP contribution in [0.5, 0.6) is 0 Å². The van der Waals surface area contributed by atoms with Crippen LogP contribution in [0, 0.1) is 6.92 Å². The molecular formula is C18H13F6N3OS. The molecule has 11 heteroatoms. The number of hydrogen-bond acceptors (Lipinski definition) is 4. The van der Waals surface area contributed by atoms with Crippen molar-refractivity contribution in [3.8, 4) is 0 Å². The molecule has 0 saturated carbocycles. The van der Waals surface area contributed by atoms with E-state index in [1.807, 2.05) is 0 Å². The topological polar surface area (TPSA) is 68.0 Å². The van der Waals surface area contributed by atoms with Crippen LogP contribution >= 0.6 is 11.3 Å². The maximum Gasteiger partial charge on any atom is 0.417 e. The number of nitrogens with two attached hydrogens (primary N) is 1. The summed E-state index contributed by atoms with van der Waals surface area (Å²) in [5.41, 5.74) is 3.85. The standard InChI is InChI=1S/C18H13F6N3OS/c1-8-5-11(18(22,23)24)12-13(25)14(29-16(12)27-8)15(28)26-7-9-3-2-4-10(6-9)17(19,20)21/h2-6H,7,25H2,1H3,(H,26,28). The highest BCUT2D eigenvalue weighted by Gasteiger charge is 2.36. The van der Waals surface area contributed by atoms with Gasteiger partial charge >= 0.3 is 12.4 Å². The maximum absolute atomic E-state index is 13.3. The Kier molecular flexibility index (Phi) is 5.20. The summed E-state index contributed by atoms with van der Waals surface area (Å²) in [7, 11) is 0. The zero-order valence-corrected chi connectivity index (χ0v) is 15.5. The Hall–Kier alpha value is -2.82. The van der Waals surface area contributed by atoms with Crippen LogP contribution in [-0.4, -0.2) is 10.9 Å². The van der Waals surface area contributed by atoms with Crippen LogP contribution in [0.1, 0.15) is 32.1 Å². The highest BCUT2D eigenvalue weighted by atomic mass is 32.1. The minimum absolute atomic E-state index is 0.0426. The number of aryl methyl sites for hydroxylation is 1.